The van der Waals surface area contributed by atoms with E-state index in [9.17, 15) is 8.78 Å². The van der Waals surface area contributed by atoms with E-state index >= 15 is 0 Å². The van der Waals surface area contributed by atoms with E-state index in [4.69, 9.17) is 21.1 Å². The van der Waals surface area contributed by atoms with Crippen molar-refractivity contribution in [2.45, 2.75) is 12.6 Å². The summed E-state index contributed by atoms with van der Waals surface area (Å²) in [5.41, 5.74) is 1.06. The predicted molar refractivity (Wildman–Crippen MR) is 88.3 cm³/mol. The van der Waals surface area contributed by atoms with Crippen molar-refractivity contribution in [1.29, 1.82) is 0 Å². The van der Waals surface area contributed by atoms with Crippen LogP contribution in [0, 0.1) is 11.6 Å². The Morgan fingerprint density at radius 1 is 1.21 bits per heavy atom. The molecule has 0 aliphatic carbocycles. The van der Waals surface area contributed by atoms with E-state index in [-0.39, 0.29) is 18.5 Å². The van der Waals surface area contributed by atoms with Crippen LogP contribution in [0.2, 0.25) is 5.02 Å². The quantitative estimate of drug-likeness (QED) is 0.813. The van der Waals surface area contributed by atoms with Gasteiger partial charge in [-0.05, 0) is 23.8 Å². The molecule has 24 heavy (non-hydrogen) atoms. The van der Waals surface area contributed by atoms with E-state index in [0.29, 0.717) is 13.2 Å². The maximum absolute atomic E-state index is 13.6. The van der Waals surface area contributed by atoms with Crippen molar-refractivity contribution in [3.63, 3.8) is 0 Å². The number of morpholine rings is 1. The zero-order valence-electron chi connectivity index (χ0n) is 13.1. The largest absolute Gasteiger partial charge is 0.488 e. The normalized spacial score (nSPS) is 18.5. The number of rotatable bonds is 5. The van der Waals surface area contributed by atoms with E-state index in [0.717, 1.165) is 29.7 Å². The molecule has 3 rings (SSSR count). The first-order chi connectivity index (χ1) is 11.6. The molecule has 1 aliphatic rings. The summed E-state index contributed by atoms with van der Waals surface area (Å²) in [6, 6.07) is 11.0. The summed E-state index contributed by atoms with van der Waals surface area (Å²) >= 11 is 6.20. The molecule has 1 unspecified atom stereocenters. The Bertz CT molecular complexity index is 698. The van der Waals surface area contributed by atoms with E-state index in [2.05, 4.69) is 4.90 Å². The van der Waals surface area contributed by atoms with Gasteiger partial charge in [-0.2, -0.15) is 0 Å². The van der Waals surface area contributed by atoms with Gasteiger partial charge in [0.15, 0.2) is 11.6 Å². The average Bonchev–Trinajstić information content (AvgIpc) is 2.57. The van der Waals surface area contributed by atoms with Crippen LogP contribution in [0.25, 0.3) is 0 Å². The highest BCUT2D eigenvalue weighted by atomic mass is 35.5. The lowest BCUT2D eigenvalue weighted by molar-refractivity contribution is -0.0508. The molecule has 6 heteroatoms. The van der Waals surface area contributed by atoms with Gasteiger partial charge in [0.2, 0.25) is 0 Å². The number of hydrogen-bond donors (Lipinski definition) is 0. The van der Waals surface area contributed by atoms with Crippen molar-refractivity contribution < 1.29 is 18.3 Å². The second-order valence-corrected chi connectivity index (χ2v) is 6.11. The van der Waals surface area contributed by atoms with Gasteiger partial charge in [0.05, 0.1) is 6.61 Å². The van der Waals surface area contributed by atoms with Crippen LogP contribution < -0.4 is 4.74 Å². The second kappa shape index (κ2) is 7.92. The smallest absolute Gasteiger partial charge is 0.167 e. The molecule has 0 aromatic heterocycles. The van der Waals surface area contributed by atoms with Crippen molar-refractivity contribution in [1.82, 2.24) is 4.90 Å². The Labute approximate surface area is 144 Å². The monoisotopic (exact) mass is 353 g/mol. The van der Waals surface area contributed by atoms with Gasteiger partial charge in [-0.25, -0.2) is 8.78 Å². The number of hydrogen-bond acceptors (Lipinski definition) is 3. The van der Waals surface area contributed by atoms with Gasteiger partial charge in [0.1, 0.15) is 18.5 Å². The zero-order valence-corrected chi connectivity index (χ0v) is 13.8. The minimum absolute atomic E-state index is 0.0308. The lowest BCUT2D eigenvalue weighted by Crippen LogP contribution is -2.44. The maximum atomic E-state index is 13.6. The first-order valence-electron chi connectivity index (χ1n) is 7.77. The molecule has 2 aromatic rings. The van der Waals surface area contributed by atoms with Gasteiger partial charge in [0.25, 0.3) is 0 Å². The van der Waals surface area contributed by atoms with E-state index in [1.807, 2.05) is 24.3 Å². The minimum Gasteiger partial charge on any atom is -0.488 e. The number of nitrogens with zero attached hydrogens (tertiary/aromatic N) is 1. The Kier molecular flexibility index (Phi) is 5.66. The molecule has 1 heterocycles. The van der Waals surface area contributed by atoms with Gasteiger partial charge in [-0.3, -0.25) is 4.90 Å². The molecular weight excluding hydrogens is 336 g/mol. The highest BCUT2D eigenvalue weighted by Crippen LogP contribution is 2.20. The first kappa shape index (κ1) is 17.1. The Morgan fingerprint density at radius 3 is 2.83 bits per heavy atom. The fourth-order valence-electron chi connectivity index (χ4n) is 2.67. The molecule has 1 fully saturated rings. The summed E-state index contributed by atoms with van der Waals surface area (Å²) in [6.07, 6.45) is -0.175. The predicted octanol–water partition coefficient (Wildman–Crippen LogP) is 3.90. The first-order valence-corrected chi connectivity index (χ1v) is 8.15. The standard InChI is InChI=1S/C18H18ClF2NO2/c19-16-4-2-1-3-13(16)10-22-7-8-23-15(11-22)12-24-18-6-5-14(20)9-17(18)21/h1-6,9,15H,7-8,10-12H2. The average molecular weight is 354 g/mol. The van der Waals surface area contributed by atoms with E-state index < -0.39 is 11.6 Å². The van der Waals surface area contributed by atoms with Crippen molar-refractivity contribution in [2.24, 2.45) is 0 Å². The molecule has 0 radical (unpaired) electrons. The number of halogens is 3. The number of benzene rings is 2. The van der Waals surface area contributed by atoms with Crippen molar-refractivity contribution in [3.05, 3.63) is 64.7 Å². The molecule has 0 N–H and O–H groups in total. The van der Waals surface area contributed by atoms with Crippen LogP contribution in [-0.4, -0.2) is 37.3 Å². The van der Waals surface area contributed by atoms with Crippen molar-refractivity contribution in [3.8, 4) is 5.75 Å². The zero-order chi connectivity index (χ0) is 16.9. The van der Waals surface area contributed by atoms with Gasteiger partial charge in [-0.15, -0.1) is 0 Å². The SMILES string of the molecule is Fc1ccc(OCC2CN(Cc3ccccc3Cl)CCO2)c(F)c1. The van der Waals surface area contributed by atoms with E-state index in [1.54, 1.807) is 0 Å². The number of ether oxygens (including phenoxy) is 2. The maximum Gasteiger partial charge on any atom is 0.167 e. The van der Waals surface area contributed by atoms with Gasteiger partial charge >= 0.3 is 0 Å². The summed E-state index contributed by atoms with van der Waals surface area (Å²) in [5, 5.41) is 0.741. The molecule has 0 saturated carbocycles. The van der Waals surface area contributed by atoms with Crippen molar-refractivity contribution in [2.75, 3.05) is 26.3 Å². The molecule has 1 saturated heterocycles. The molecule has 0 bridgehead atoms. The highest BCUT2D eigenvalue weighted by Gasteiger charge is 2.22. The molecule has 2 aromatic carbocycles. The van der Waals surface area contributed by atoms with Crippen LogP contribution in [0.15, 0.2) is 42.5 Å². The van der Waals surface area contributed by atoms with E-state index in [1.165, 1.54) is 12.1 Å². The Balaban J connectivity index is 1.55. The molecular formula is C18H18ClF2NO2. The summed E-state index contributed by atoms with van der Waals surface area (Å²) in [7, 11) is 0. The summed E-state index contributed by atoms with van der Waals surface area (Å²) in [4.78, 5) is 2.22. The van der Waals surface area contributed by atoms with Crippen LogP contribution in [0.4, 0.5) is 8.78 Å². The Hall–Kier alpha value is -1.69. The topological polar surface area (TPSA) is 21.7 Å². The van der Waals surface area contributed by atoms with Gasteiger partial charge < -0.3 is 9.47 Å². The van der Waals surface area contributed by atoms with Crippen LogP contribution in [0.1, 0.15) is 5.56 Å². The summed E-state index contributed by atoms with van der Waals surface area (Å²) < 4.78 is 37.6. The Morgan fingerprint density at radius 2 is 2.04 bits per heavy atom. The van der Waals surface area contributed by atoms with Crippen LogP contribution >= 0.6 is 11.6 Å². The third kappa shape index (κ3) is 4.44. The lowest BCUT2D eigenvalue weighted by Gasteiger charge is -2.33. The highest BCUT2D eigenvalue weighted by molar-refractivity contribution is 6.31. The summed E-state index contributed by atoms with van der Waals surface area (Å²) in [6.45, 7) is 2.97. The summed E-state index contributed by atoms with van der Waals surface area (Å²) in [5.74, 6) is -1.30. The van der Waals surface area contributed by atoms with Crippen LogP contribution in [0.3, 0.4) is 0 Å². The van der Waals surface area contributed by atoms with Crippen molar-refractivity contribution >= 4 is 11.6 Å². The van der Waals surface area contributed by atoms with Gasteiger partial charge in [0, 0.05) is 30.7 Å². The molecule has 1 atom stereocenters. The fourth-order valence-corrected chi connectivity index (χ4v) is 2.86. The molecule has 3 nitrogen and oxygen atoms in total. The lowest BCUT2D eigenvalue weighted by atomic mass is 10.2. The molecule has 1 aliphatic heterocycles. The molecule has 128 valence electrons. The minimum atomic E-state index is -0.710. The van der Waals surface area contributed by atoms with Crippen LogP contribution in [-0.2, 0) is 11.3 Å². The third-order valence-corrected chi connectivity index (χ3v) is 4.26. The third-order valence-electron chi connectivity index (χ3n) is 3.89. The molecule has 0 amide bonds. The fraction of sp³-hybridized carbons (Fsp3) is 0.333. The molecule has 0 spiro atoms. The second-order valence-electron chi connectivity index (χ2n) is 5.71. The van der Waals surface area contributed by atoms with Gasteiger partial charge in [-0.1, -0.05) is 29.8 Å². The van der Waals surface area contributed by atoms with Crippen LogP contribution in [0.5, 0.6) is 5.75 Å².